The molecule has 158 valence electrons. The second-order valence-electron chi connectivity index (χ2n) is 6.73. The molecule has 0 fully saturated rings. The van der Waals surface area contributed by atoms with Gasteiger partial charge < -0.3 is 14.5 Å². The first-order chi connectivity index (χ1) is 15.0. The summed E-state index contributed by atoms with van der Waals surface area (Å²) in [7, 11) is -3.73. The number of furan rings is 1. The Hall–Kier alpha value is -3.65. The van der Waals surface area contributed by atoms with Crippen molar-refractivity contribution in [1.82, 2.24) is 10.3 Å². The monoisotopic (exact) mass is 436 g/mol. The normalized spacial score (nSPS) is 11.4. The van der Waals surface area contributed by atoms with Crippen molar-refractivity contribution in [2.45, 2.75) is 23.3 Å². The maximum absolute atomic E-state index is 13.0. The molecule has 0 aliphatic carbocycles. The van der Waals surface area contributed by atoms with Gasteiger partial charge in [-0.05, 0) is 48.9 Å². The molecular formula is C23H20N2O5S. The van der Waals surface area contributed by atoms with Gasteiger partial charge in [0.25, 0.3) is 5.91 Å². The molecule has 0 saturated heterocycles. The van der Waals surface area contributed by atoms with E-state index in [-0.39, 0.29) is 28.0 Å². The number of nitrogens with one attached hydrogen (secondary N) is 1. The number of rotatable bonds is 7. The lowest BCUT2D eigenvalue weighted by molar-refractivity contribution is 0.0925. The van der Waals surface area contributed by atoms with Gasteiger partial charge in [0.15, 0.2) is 11.3 Å². The fourth-order valence-electron chi connectivity index (χ4n) is 3.13. The van der Waals surface area contributed by atoms with E-state index >= 15 is 0 Å². The molecule has 0 radical (unpaired) electrons. The van der Waals surface area contributed by atoms with Crippen LogP contribution in [-0.4, -0.2) is 25.9 Å². The van der Waals surface area contributed by atoms with Crippen molar-refractivity contribution in [3.63, 3.8) is 0 Å². The number of sulfone groups is 1. The Bertz CT molecular complexity index is 1290. The van der Waals surface area contributed by atoms with E-state index in [9.17, 15) is 13.2 Å². The van der Waals surface area contributed by atoms with E-state index in [0.717, 1.165) is 10.9 Å². The third kappa shape index (κ3) is 4.29. The van der Waals surface area contributed by atoms with E-state index < -0.39 is 9.84 Å². The number of carbonyl (C=O) groups excluding carboxylic acids is 1. The number of ether oxygens (including phenoxy) is 1. The summed E-state index contributed by atoms with van der Waals surface area (Å²) in [5, 5.41) is 3.56. The second kappa shape index (κ2) is 8.61. The largest absolute Gasteiger partial charge is 0.493 e. The third-order valence-corrected chi connectivity index (χ3v) is 6.48. The van der Waals surface area contributed by atoms with Crippen LogP contribution in [-0.2, 0) is 16.4 Å². The molecule has 0 aliphatic heterocycles. The number of pyridine rings is 1. The molecule has 31 heavy (non-hydrogen) atoms. The number of hydrogen-bond acceptors (Lipinski definition) is 6. The molecule has 1 N–H and O–H groups in total. The topological polar surface area (TPSA) is 98.5 Å². The summed E-state index contributed by atoms with van der Waals surface area (Å²) < 4.78 is 37.0. The van der Waals surface area contributed by atoms with Gasteiger partial charge in [-0.15, -0.1) is 0 Å². The van der Waals surface area contributed by atoms with Crippen LogP contribution in [0.25, 0.3) is 11.0 Å². The van der Waals surface area contributed by atoms with Crippen LogP contribution in [0.5, 0.6) is 5.75 Å². The predicted molar refractivity (Wildman–Crippen MR) is 115 cm³/mol. The van der Waals surface area contributed by atoms with Crippen LogP contribution in [0.4, 0.5) is 0 Å². The molecule has 0 unspecified atom stereocenters. The van der Waals surface area contributed by atoms with Crippen LogP contribution in [0.15, 0.2) is 87.3 Å². The minimum atomic E-state index is -3.73. The van der Waals surface area contributed by atoms with E-state index in [1.807, 2.05) is 0 Å². The van der Waals surface area contributed by atoms with Crippen LogP contribution in [0.1, 0.15) is 23.0 Å². The van der Waals surface area contributed by atoms with Crippen molar-refractivity contribution in [2.24, 2.45) is 0 Å². The number of benzene rings is 2. The zero-order valence-corrected chi connectivity index (χ0v) is 17.6. The standard InChI is InChI=1S/C23H20N2O5S/c1-2-29-19-5-3-4-6-22(19)31(27,28)18-9-7-16(8-10-18)14-25-23(26)20-13-17-11-12-24-15-21(17)30-20/h3-13,15H,2,14H2,1H3,(H,25,26). The van der Waals surface area contributed by atoms with Gasteiger partial charge in [0.05, 0.1) is 17.7 Å². The Kier molecular flexibility index (Phi) is 5.73. The Morgan fingerprint density at radius 3 is 2.61 bits per heavy atom. The molecule has 0 saturated carbocycles. The highest BCUT2D eigenvalue weighted by Gasteiger charge is 2.22. The van der Waals surface area contributed by atoms with E-state index in [1.54, 1.807) is 61.8 Å². The van der Waals surface area contributed by atoms with Gasteiger partial charge in [-0.25, -0.2) is 8.42 Å². The highest BCUT2D eigenvalue weighted by molar-refractivity contribution is 7.91. The van der Waals surface area contributed by atoms with Gasteiger partial charge in [0.2, 0.25) is 9.84 Å². The molecule has 8 heteroatoms. The lowest BCUT2D eigenvalue weighted by Crippen LogP contribution is -2.22. The van der Waals surface area contributed by atoms with Crippen LogP contribution in [0.2, 0.25) is 0 Å². The predicted octanol–water partition coefficient (Wildman–Crippen LogP) is 3.99. The number of carbonyl (C=O) groups is 1. The maximum Gasteiger partial charge on any atom is 0.287 e. The van der Waals surface area contributed by atoms with E-state index in [4.69, 9.17) is 9.15 Å². The molecule has 1 amide bonds. The number of fused-ring (bicyclic) bond motifs is 1. The molecule has 0 spiro atoms. The first kappa shape index (κ1) is 20.6. The lowest BCUT2D eigenvalue weighted by Gasteiger charge is -2.11. The summed E-state index contributed by atoms with van der Waals surface area (Å²) in [6.07, 6.45) is 3.18. The van der Waals surface area contributed by atoms with Crippen LogP contribution in [0.3, 0.4) is 0 Å². The zero-order valence-electron chi connectivity index (χ0n) is 16.7. The van der Waals surface area contributed by atoms with Crippen molar-refractivity contribution >= 4 is 26.7 Å². The fourth-order valence-corrected chi connectivity index (χ4v) is 4.52. The summed E-state index contributed by atoms with van der Waals surface area (Å²) in [5.41, 5.74) is 1.29. The Morgan fingerprint density at radius 1 is 1.10 bits per heavy atom. The van der Waals surface area contributed by atoms with Crippen molar-refractivity contribution in [3.8, 4) is 5.75 Å². The molecule has 4 rings (SSSR count). The first-order valence-electron chi connectivity index (χ1n) is 9.66. The van der Waals surface area contributed by atoms with Crippen molar-refractivity contribution in [3.05, 3.63) is 84.4 Å². The summed E-state index contributed by atoms with van der Waals surface area (Å²) in [4.78, 5) is 16.6. The highest BCUT2D eigenvalue weighted by Crippen LogP contribution is 2.29. The Balaban J connectivity index is 1.47. The summed E-state index contributed by atoms with van der Waals surface area (Å²) in [5.74, 6) is 0.149. The van der Waals surface area contributed by atoms with Gasteiger partial charge >= 0.3 is 0 Å². The zero-order chi connectivity index (χ0) is 21.8. The second-order valence-corrected chi connectivity index (χ2v) is 8.65. The molecular weight excluding hydrogens is 416 g/mol. The highest BCUT2D eigenvalue weighted by atomic mass is 32.2. The van der Waals surface area contributed by atoms with Crippen molar-refractivity contribution in [1.29, 1.82) is 0 Å². The lowest BCUT2D eigenvalue weighted by atomic mass is 10.2. The van der Waals surface area contributed by atoms with Crippen LogP contribution in [0, 0.1) is 0 Å². The number of nitrogens with zero attached hydrogens (tertiary/aromatic N) is 1. The van der Waals surface area contributed by atoms with E-state index in [0.29, 0.717) is 17.9 Å². The first-order valence-corrected chi connectivity index (χ1v) is 11.1. The summed E-state index contributed by atoms with van der Waals surface area (Å²) in [6, 6.07) is 16.3. The van der Waals surface area contributed by atoms with Gasteiger partial charge in [-0.3, -0.25) is 9.78 Å². The maximum atomic E-state index is 13.0. The molecule has 0 atom stereocenters. The molecule has 7 nitrogen and oxygen atoms in total. The average Bonchev–Trinajstić information content (AvgIpc) is 3.23. The SMILES string of the molecule is CCOc1ccccc1S(=O)(=O)c1ccc(CNC(=O)c2cc3ccncc3o2)cc1. The Morgan fingerprint density at radius 2 is 1.87 bits per heavy atom. The van der Waals surface area contributed by atoms with Gasteiger partial charge in [0.1, 0.15) is 10.6 Å². The number of para-hydroxylation sites is 1. The molecule has 4 aromatic rings. The molecule has 0 aliphatic rings. The van der Waals surface area contributed by atoms with Gasteiger partial charge in [0, 0.05) is 18.1 Å². The van der Waals surface area contributed by atoms with Gasteiger partial charge in [-0.2, -0.15) is 0 Å². The van der Waals surface area contributed by atoms with Crippen molar-refractivity contribution in [2.75, 3.05) is 6.61 Å². The van der Waals surface area contributed by atoms with E-state index in [2.05, 4.69) is 10.3 Å². The van der Waals surface area contributed by atoms with E-state index in [1.165, 1.54) is 18.2 Å². The molecule has 2 aromatic carbocycles. The number of hydrogen-bond donors (Lipinski definition) is 1. The fraction of sp³-hybridized carbons (Fsp3) is 0.130. The Labute approximate surface area is 179 Å². The van der Waals surface area contributed by atoms with Crippen LogP contribution < -0.4 is 10.1 Å². The quantitative estimate of drug-likeness (QED) is 0.470. The van der Waals surface area contributed by atoms with Gasteiger partial charge in [-0.1, -0.05) is 24.3 Å². The third-order valence-electron chi connectivity index (χ3n) is 4.67. The van der Waals surface area contributed by atoms with Crippen LogP contribution >= 0.6 is 0 Å². The average molecular weight is 436 g/mol. The molecule has 0 bridgehead atoms. The van der Waals surface area contributed by atoms with Crippen molar-refractivity contribution < 1.29 is 22.4 Å². The smallest absolute Gasteiger partial charge is 0.287 e. The molecule has 2 aromatic heterocycles. The minimum Gasteiger partial charge on any atom is -0.493 e. The minimum absolute atomic E-state index is 0.122. The molecule has 2 heterocycles. The number of amides is 1. The summed E-state index contributed by atoms with van der Waals surface area (Å²) >= 11 is 0. The summed E-state index contributed by atoms with van der Waals surface area (Å²) in [6.45, 7) is 2.39. The number of aromatic nitrogens is 1.